The lowest BCUT2D eigenvalue weighted by molar-refractivity contribution is -0.141. The van der Waals surface area contributed by atoms with Crippen LogP contribution in [0.5, 0.6) is 5.75 Å². The van der Waals surface area contributed by atoms with Crippen molar-refractivity contribution in [3.05, 3.63) is 28.3 Å². The molecular formula is C16H22O3. The van der Waals surface area contributed by atoms with Gasteiger partial charge in [-0.2, -0.15) is 0 Å². The maximum atomic E-state index is 11.9. The number of benzene rings is 1. The Bertz CT molecular complexity index is 558. The highest BCUT2D eigenvalue weighted by molar-refractivity contribution is 5.89. The van der Waals surface area contributed by atoms with E-state index < -0.39 is 11.4 Å². The van der Waals surface area contributed by atoms with Gasteiger partial charge in [0.25, 0.3) is 0 Å². The average molecular weight is 262 g/mol. The summed E-state index contributed by atoms with van der Waals surface area (Å²) in [4.78, 5) is 11.9. The van der Waals surface area contributed by atoms with Gasteiger partial charge in [-0.15, -0.1) is 0 Å². The van der Waals surface area contributed by atoms with Gasteiger partial charge in [0.05, 0.1) is 7.11 Å². The van der Waals surface area contributed by atoms with Crippen molar-refractivity contribution >= 4 is 5.97 Å². The Hall–Kier alpha value is -1.51. The molecule has 19 heavy (non-hydrogen) atoms. The fraction of sp³-hybridized carbons (Fsp3) is 0.562. The molecule has 1 aliphatic rings. The van der Waals surface area contributed by atoms with Crippen LogP contribution >= 0.6 is 0 Å². The number of methoxy groups -OCH3 is 1. The molecule has 0 radical (unpaired) electrons. The Morgan fingerprint density at radius 3 is 2.16 bits per heavy atom. The van der Waals surface area contributed by atoms with E-state index in [1.165, 1.54) is 0 Å². The Kier molecular flexibility index (Phi) is 2.92. The zero-order valence-corrected chi connectivity index (χ0v) is 12.5. The number of hydrogen-bond acceptors (Lipinski definition) is 2. The number of carboxylic acids is 1. The minimum absolute atomic E-state index is 0.224. The highest BCUT2D eigenvalue weighted by atomic mass is 16.5. The second kappa shape index (κ2) is 3.99. The number of hydrogen-bond donors (Lipinski definition) is 1. The van der Waals surface area contributed by atoms with Gasteiger partial charge in [-0.25, -0.2) is 0 Å². The third-order valence-electron chi connectivity index (χ3n) is 4.72. The quantitative estimate of drug-likeness (QED) is 0.908. The van der Waals surface area contributed by atoms with Crippen LogP contribution in [0.2, 0.25) is 0 Å². The van der Waals surface area contributed by atoms with Gasteiger partial charge in [0.15, 0.2) is 0 Å². The van der Waals surface area contributed by atoms with Crippen molar-refractivity contribution in [2.45, 2.75) is 46.5 Å². The van der Waals surface area contributed by atoms with Crippen LogP contribution in [0.3, 0.4) is 0 Å². The van der Waals surface area contributed by atoms with Crippen LogP contribution in [0.25, 0.3) is 0 Å². The highest BCUT2D eigenvalue weighted by Crippen LogP contribution is 2.67. The molecule has 2 rings (SSSR count). The molecule has 1 aromatic carbocycles. The van der Waals surface area contributed by atoms with E-state index in [-0.39, 0.29) is 5.41 Å². The third kappa shape index (κ3) is 1.67. The van der Waals surface area contributed by atoms with Crippen LogP contribution in [-0.4, -0.2) is 18.2 Å². The lowest BCUT2D eigenvalue weighted by Gasteiger charge is -2.24. The van der Waals surface area contributed by atoms with E-state index in [4.69, 9.17) is 4.74 Å². The van der Waals surface area contributed by atoms with Crippen LogP contribution < -0.4 is 4.74 Å². The first-order valence-corrected chi connectivity index (χ1v) is 6.57. The second-order valence-corrected chi connectivity index (χ2v) is 6.31. The maximum Gasteiger partial charge on any atom is 0.314 e. The van der Waals surface area contributed by atoms with Gasteiger partial charge in [0, 0.05) is 5.56 Å². The molecule has 0 aliphatic heterocycles. The standard InChI is InChI=1S/C16H22O3/c1-9-7-10(2)12(13(19-6)11(9)3)16(14(17)18)8-15(16,4)5/h7H,8H2,1-6H3,(H,17,18). The van der Waals surface area contributed by atoms with Gasteiger partial charge in [0.2, 0.25) is 0 Å². The zero-order chi connectivity index (χ0) is 14.6. The number of aliphatic carboxylic acids is 1. The van der Waals surface area contributed by atoms with Crippen LogP contribution in [0.15, 0.2) is 6.07 Å². The molecule has 0 heterocycles. The number of carboxylic acid groups (broad SMARTS) is 1. The average Bonchev–Trinajstić information content (AvgIpc) is 2.87. The molecule has 1 saturated carbocycles. The van der Waals surface area contributed by atoms with Crippen molar-refractivity contribution in [1.82, 2.24) is 0 Å². The fourth-order valence-corrected chi connectivity index (χ4v) is 3.35. The summed E-state index contributed by atoms with van der Waals surface area (Å²) in [6.07, 6.45) is 0.662. The molecule has 3 nitrogen and oxygen atoms in total. The summed E-state index contributed by atoms with van der Waals surface area (Å²) in [6.45, 7) is 10.0. The molecule has 1 aromatic rings. The van der Waals surface area contributed by atoms with E-state index >= 15 is 0 Å². The first-order valence-electron chi connectivity index (χ1n) is 6.57. The molecule has 0 spiro atoms. The van der Waals surface area contributed by atoms with Crippen LogP contribution in [-0.2, 0) is 10.2 Å². The van der Waals surface area contributed by atoms with E-state index in [1.54, 1.807) is 7.11 Å². The molecule has 1 atom stereocenters. The van der Waals surface area contributed by atoms with E-state index in [1.807, 2.05) is 34.6 Å². The van der Waals surface area contributed by atoms with Crippen molar-refractivity contribution in [1.29, 1.82) is 0 Å². The molecule has 1 aliphatic carbocycles. The summed E-state index contributed by atoms with van der Waals surface area (Å²) in [6, 6.07) is 2.06. The second-order valence-electron chi connectivity index (χ2n) is 6.31. The van der Waals surface area contributed by atoms with Gasteiger partial charge >= 0.3 is 5.97 Å². The largest absolute Gasteiger partial charge is 0.496 e. The molecular weight excluding hydrogens is 240 g/mol. The first kappa shape index (κ1) is 13.9. The van der Waals surface area contributed by atoms with Crippen molar-refractivity contribution in [2.24, 2.45) is 5.41 Å². The van der Waals surface area contributed by atoms with E-state index in [2.05, 4.69) is 6.07 Å². The number of rotatable bonds is 3. The Morgan fingerprint density at radius 2 is 1.79 bits per heavy atom. The molecule has 1 fully saturated rings. The summed E-state index contributed by atoms with van der Waals surface area (Å²) in [5, 5.41) is 9.74. The Balaban J connectivity index is 2.77. The van der Waals surface area contributed by atoms with Crippen LogP contribution in [0, 0.1) is 26.2 Å². The summed E-state index contributed by atoms with van der Waals surface area (Å²) in [5.41, 5.74) is 3.01. The zero-order valence-electron chi connectivity index (χ0n) is 12.5. The molecule has 0 bridgehead atoms. The molecule has 0 aromatic heterocycles. The smallest absolute Gasteiger partial charge is 0.314 e. The fourth-order valence-electron chi connectivity index (χ4n) is 3.35. The van der Waals surface area contributed by atoms with Gasteiger partial charge < -0.3 is 9.84 Å². The highest BCUT2D eigenvalue weighted by Gasteiger charge is 2.69. The van der Waals surface area contributed by atoms with E-state index in [0.29, 0.717) is 6.42 Å². The van der Waals surface area contributed by atoms with Gasteiger partial charge in [0.1, 0.15) is 11.2 Å². The normalized spacial score (nSPS) is 24.1. The molecule has 1 unspecified atom stereocenters. The predicted octanol–water partition coefficient (Wildman–Crippen LogP) is 3.37. The Labute approximate surface area is 114 Å². The SMILES string of the molecule is COc1c(C)c(C)cc(C)c1C1(C(=O)O)CC1(C)C. The lowest BCUT2D eigenvalue weighted by atomic mass is 9.82. The van der Waals surface area contributed by atoms with Crippen molar-refractivity contribution < 1.29 is 14.6 Å². The molecule has 1 N–H and O–H groups in total. The summed E-state index contributed by atoms with van der Waals surface area (Å²) < 4.78 is 5.54. The van der Waals surface area contributed by atoms with E-state index in [9.17, 15) is 9.90 Å². The maximum absolute atomic E-state index is 11.9. The Morgan fingerprint density at radius 1 is 1.26 bits per heavy atom. The lowest BCUT2D eigenvalue weighted by Crippen LogP contribution is -2.27. The minimum atomic E-state index is -0.805. The van der Waals surface area contributed by atoms with Crippen molar-refractivity contribution in [3.8, 4) is 5.75 Å². The molecule has 3 heteroatoms. The van der Waals surface area contributed by atoms with Crippen LogP contribution in [0.1, 0.15) is 42.5 Å². The molecule has 104 valence electrons. The molecule has 0 saturated heterocycles. The van der Waals surface area contributed by atoms with E-state index in [0.717, 1.165) is 28.0 Å². The summed E-state index contributed by atoms with van der Waals surface area (Å²) in [5.74, 6) is -0.00683. The van der Waals surface area contributed by atoms with Gasteiger partial charge in [-0.3, -0.25) is 4.79 Å². The van der Waals surface area contributed by atoms with Gasteiger partial charge in [-0.1, -0.05) is 19.9 Å². The van der Waals surface area contributed by atoms with Crippen molar-refractivity contribution in [2.75, 3.05) is 7.11 Å². The summed E-state index contributed by atoms with van der Waals surface area (Å²) >= 11 is 0. The third-order valence-corrected chi connectivity index (χ3v) is 4.72. The summed E-state index contributed by atoms with van der Waals surface area (Å²) in [7, 11) is 1.62. The first-order chi connectivity index (χ1) is 8.69. The van der Waals surface area contributed by atoms with Gasteiger partial charge in [-0.05, 0) is 49.3 Å². The number of carbonyl (C=O) groups is 1. The van der Waals surface area contributed by atoms with Crippen LogP contribution in [0.4, 0.5) is 0 Å². The predicted molar refractivity (Wildman–Crippen MR) is 74.9 cm³/mol. The topological polar surface area (TPSA) is 46.5 Å². The molecule has 0 amide bonds. The monoisotopic (exact) mass is 262 g/mol. The van der Waals surface area contributed by atoms with Crippen molar-refractivity contribution in [3.63, 3.8) is 0 Å². The number of ether oxygens (including phenoxy) is 1. The number of aryl methyl sites for hydroxylation is 2. The minimum Gasteiger partial charge on any atom is -0.496 e.